The molecule has 0 aliphatic heterocycles. The maximum Gasteiger partial charge on any atom is 0.263 e. The summed E-state index contributed by atoms with van der Waals surface area (Å²) in [6, 6.07) is 40.5. The van der Waals surface area contributed by atoms with Gasteiger partial charge in [-0.1, -0.05) is 66.2 Å². The smallest absolute Gasteiger partial charge is 0.263 e. The van der Waals surface area contributed by atoms with E-state index in [0.717, 1.165) is 11.3 Å². The molecule has 0 saturated carbocycles. The van der Waals surface area contributed by atoms with E-state index in [0.29, 0.717) is 28.4 Å². The number of anilines is 3. The predicted molar refractivity (Wildman–Crippen MR) is 151 cm³/mol. The molecule has 5 rings (SSSR count). The summed E-state index contributed by atoms with van der Waals surface area (Å²) < 4.78 is 5.88. The van der Waals surface area contributed by atoms with Gasteiger partial charge in [0.1, 0.15) is 11.5 Å². The van der Waals surface area contributed by atoms with E-state index in [9.17, 15) is 9.59 Å². The molecule has 0 aliphatic rings. The molecule has 0 aromatic heterocycles. The van der Waals surface area contributed by atoms with Gasteiger partial charge in [-0.15, -0.1) is 0 Å². The Morgan fingerprint density at radius 2 is 1.05 bits per heavy atom. The SMILES string of the molecule is Cc1ccc(Oc2ccc(NC(=O)c3ccccc3C(=O)N(c3ccccc3)c3ccccc3)cc2)cc1. The van der Waals surface area contributed by atoms with E-state index >= 15 is 0 Å². The minimum Gasteiger partial charge on any atom is -0.457 e. The van der Waals surface area contributed by atoms with Crippen LogP contribution in [-0.4, -0.2) is 11.8 Å². The molecule has 5 nitrogen and oxygen atoms in total. The number of hydrogen-bond acceptors (Lipinski definition) is 3. The minimum absolute atomic E-state index is 0.286. The Balaban J connectivity index is 1.38. The molecule has 5 heteroatoms. The molecule has 0 bridgehead atoms. The Morgan fingerprint density at radius 1 is 0.579 bits per heavy atom. The second-order valence-corrected chi connectivity index (χ2v) is 8.75. The first-order chi connectivity index (χ1) is 18.6. The zero-order valence-electron chi connectivity index (χ0n) is 20.9. The molecule has 0 heterocycles. The fourth-order valence-electron chi connectivity index (χ4n) is 4.07. The number of nitrogens with one attached hydrogen (secondary N) is 1. The third-order valence-corrected chi connectivity index (χ3v) is 6.00. The van der Waals surface area contributed by atoms with Crippen LogP contribution in [0.2, 0.25) is 0 Å². The molecule has 0 saturated heterocycles. The van der Waals surface area contributed by atoms with Crippen LogP contribution in [0.5, 0.6) is 11.5 Å². The van der Waals surface area contributed by atoms with E-state index in [1.54, 1.807) is 53.4 Å². The molecule has 0 atom stereocenters. The summed E-state index contributed by atoms with van der Waals surface area (Å²) in [6.45, 7) is 2.02. The molecule has 5 aromatic rings. The number of aryl methyl sites for hydroxylation is 1. The number of benzene rings is 5. The lowest BCUT2D eigenvalue weighted by Crippen LogP contribution is -2.28. The van der Waals surface area contributed by atoms with Gasteiger partial charge in [0.2, 0.25) is 0 Å². The number of carbonyl (C=O) groups is 2. The summed E-state index contributed by atoms with van der Waals surface area (Å²) in [5.41, 5.74) is 3.76. The Kier molecular flexibility index (Phi) is 7.27. The van der Waals surface area contributed by atoms with Crippen LogP contribution < -0.4 is 15.0 Å². The molecular formula is C33H26N2O3. The fourth-order valence-corrected chi connectivity index (χ4v) is 4.07. The van der Waals surface area contributed by atoms with Gasteiger partial charge in [0.15, 0.2) is 0 Å². The Hall–Kier alpha value is -5.16. The maximum absolute atomic E-state index is 13.9. The van der Waals surface area contributed by atoms with Gasteiger partial charge in [-0.2, -0.15) is 0 Å². The van der Waals surface area contributed by atoms with Crippen LogP contribution in [0.3, 0.4) is 0 Å². The average molecular weight is 499 g/mol. The first-order valence-corrected chi connectivity index (χ1v) is 12.3. The second kappa shape index (κ2) is 11.3. The topological polar surface area (TPSA) is 58.6 Å². The molecule has 5 aromatic carbocycles. The van der Waals surface area contributed by atoms with Gasteiger partial charge in [0.05, 0.1) is 11.1 Å². The number of amides is 2. The number of para-hydroxylation sites is 2. The van der Waals surface area contributed by atoms with Crippen molar-refractivity contribution in [1.82, 2.24) is 0 Å². The fraction of sp³-hybridized carbons (Fsp3) is 0.0303. The van der Waals surface area contributed by atoms with Gasteiger partial charge < -0.3 is 10.1 Å². The minimum atomic E-state index is -0.373. The normalized spacial score (nSPS) is 10.4. The lowest BCUT2D eigenvalue weighted by atomic mass is 10.0. The number of ether oxygens (including phenoxy) is 1. The van der Waals surface area contributed by atoms with E-state index in [4.69, 9.17) is 4.74 Å². The molecule has 0 radical (unpaired) electrons. The van der Waals surface area contributed by atoms with E-state index in [1.165, 1.54) is 0 Å². The summed E-state index contributed by atoms with van der Waals surface area (Å²) in [7, 11) is 0. The average Bonchev–Trinajstić information content (AvgIpc) is 2.96. The molecule has 186 valence electrons. The highest BCUT2D eigenvalue weighted by Crippen LogP contribution is 2.29. The van der Waals surface area contributed by atoms with Crippen molar-refractivity contribution in [3.8, 4) is 11.5 Å². The second-order valence-electron chi connectivity index (χ2n) is 8.75. The van der Waals surface area contributed by atoms with Crippen molar-refractivity contribution in [1.29, 1.82) is 0 Å². The Bertz CT molecular complexity index is 1490. The van der Waals surface area contributed by atoms with Crippen molar-refractivity contribution in [3.63, 3.8) is 0 Å². The first-order valence-electron chi connectivity index (χ1n) is 12.3. The Labute approximate surface area is 222 Å². The number of rotatable bonds is 7. The molecule has 0 unspecified atom stereocenters. The monoisotopic (exact) mass is 498 g/mol. The van der Waals surface area contributed by atoms with Gasteiger partial charge in [-0.25, -0.2) is 0 Å². The van der Waals surface area contributed by atoms with E-state index in [2.05, 4.69) is 5.32 Å². The van der Waals surface area contributed by atoms with Gasteiger partial charge in [0, 0.05) is 17.1 Å². The Morgan fingerprint density at radius 3 is 1.61 bits per heavy atom. The molecule has 0 spiro atoms. The predicted octanol–water partition coefficient (Wildman–Crippen LogP) is 8.02. The number of hydrogen-bond donors (Lipinski definition) is 1. The first kappa shape index (κ1) is 24.5. The zero-order chi connectivity index (χ0) is 26.3. The van der Waals surface area contributed by atoms with Crippen molar-refractivity contribution >= 4 is 28.9 Å². The summed E-state index contributed by atoms with van der Waals surface area (Å²) >= 11 is 0. The standard InChI is InChI=1S/C33H26N2O3/c1-24-16-20-28(21-17-24)38-29-22-18-25(19-23-29)34-32(36)30-14-8-9-15-31(30)33(37)35(26-10-4-2-5-11-26)27-12-6-3-7-13-27/h2-23H,1H3,(H,34,36). The van der Waals surface area contributed by atoms with Crippen LogP contribution in [-0.2, 0) is 0 Å². The summed E-state index contributed by atoms with van der Waals surface area (Å²) in [5, 5.41) is 2.91. The van der Waals surface area contributed by atoms with Crippen LogP contribution in [0.4, 0.5) is 17.1 Å². The quantitative estimate of drug-likeness (QED) is 0.247. The number of carbonyl (C=O) groups excluding carboxylic acids is 2. The van der Waals surface area contributed by atoms with Crippen molar-refractivity contribution < 1.29 is 14.3 Å². The molecule has 0 fully saturated rings. The highest BCUT2D eigenvalue weighted by Gasteiger charge is 2.24. The van der Waals surface area contributed by atoms with Crippen LogP contribution >= 0.6 is 0 Å². The lowest BCUT2D eigenvalue weighted by Gasteiger charge is -2.24. The summed E-state index contributed by atoms with van der Waals surface area (Å²) in [4.78, 5) is 28.8. The van der Waals surface area contributed by atoms with Crippen molar-refractivity contribution in [2.45, 2.75) is 6.92 Å². The van der Waals surface area contributed by atoms with Gasteiger partial charge in [-0.05, 0) is 79.7 Å². The van der Waals surface area contributed by atoms with E-state index in [1.807, 2.05) is 91.9 Å². The third kappa shape index (κ3) is 5.63. The van der Waals surface area contributed by atoms with Gasteiger partial charge >= 0.3 is 0 Å². The highest BCUT2D eigenvalue weighted by molar-refractivity contribution is 6.18. The largest absolute Gasteiger partial charge is 0.457 e. The van der Waals surface area contributed by atoms with Gasteiger partial charge in [0.25, 0.3) is 11.8 Å². The molecule has 1 N–H and O–H groups in total. The molecule has 2 amide bonds. The van der Waals surface area contributed by atoms with E-state index in [-0.39, 0.29) is 17.4 Å². The highest BCUT2D eigenvalue weighted by atomic mass is 16.5. The maximum atomic E-state index is 13.9. The zero-order valence-corrected chi connectivity index (χ0v) is 20.9. The molecule has 0 aliphatic carbocycles. The van der Waals surface area contributed by atoms with E-state index < -0.39 is 0 Å². The van der Waals surface area contributed by atoms with Crippen LogP contribution in [0.1, 0.15) is 26.3 Å². The summed E-state index contributed by atoms with van der Waals surface area (Å²) in [5.74, 6) is 0.724. The van der Waals surface area contributed by atoms with Crippen LogP contribution in [0.15, 0.2) is 133 Å². The van der Waals surface area contributed by atoms with Crippen LogP contribution in [0, 0.1) is 6.92 Å². The van der Waals surface area contributed by atoms with Crippen molar-refractivity contribution in [3.05, 3.63) is 150 Å². The third-order valence-electron chi connectivity index (χ3n) is 6.00. The lowest BCUT2D eigenvalue weighted by molar-refractivity contribution is 0.0976. The van der Waals surface area contributed by atoms with Gasteiger partial charge in [-0.3, -0.25) is 14.5 Å². The van der Waals surface area contributed by atoms with Crippen molar-refractivity contribution in [2.75, 3.05) is 10.2 Å². The number of nitrogens with zero attached hydrogens (tertiary/aromatic N) is 1. The molecular weight excluding hydrogens is 472 g/mol. The molecule has 38 heavy (non-hydrogen) atoms. The van der Waals surface area contributed by atoms with Crippen molar-refractivity contribution in [2.24, 2.45) is 0 Å². The summed E-state index contributed by atoms with van der Waals surface area (Å²) in [6.07, 6.45) is 0. The van der Waals surface area contributed by atoms with Crippen LogP contribution in [0.25, 0.3) is 0 Å².